The molecule has 2 N–H and O–H groups in total. The predicted molar refractivity (Wildman–Crippen MR) is 77.9 cm³/mol. The Labute approximate surface area is 137 Å². The van der Waals surface area contributed by atoms with Gasteiger partial charge in [0, 0.05) is 18.0 Å². The Morgan fingerprint density at radius 1 is 1.29 bits per heavy atom. The Hall–Kier alpha value is -2.82. The topological polar surface area (TPSA) is 96.5 Å². The second kappa shape index (κ2) is 6.35. The molecule has 3 aromatic heterocycles. The Kier molecular flexibility index (Phi) is 4.25. The molecule has 3 heterocycles. The maximum Gasteiger partial charge on any atom is 0.434 e. The minimum Gasteiger partial charge on any atom is -0.344 e. The third-order valence-corrected chi connectivity index (χ3v) is 3.75. The molecular weight excluding hydrogens is 345 g/mol. The van der Waals surface area contributed by atoms with Crippen LogP contribution in [0.5, 0.6) is 0 Å². The fraction of sp³-hybridized carbons (Fsp3) is 0.154. The number of aromatic amines is 1. The van der Waals surface area contributed by atoms with E-state index >= 15 is 0 Å². The van der Waals surface area contributed by atoms with Crippen LogP contribution in [0.15, 0.2) is 30.0 Å². The van der Waals surface area contributed by atoms with Crippen molar-refractivity contribution in [2.75, 3.05) is 0 Å². The van der Waals surface area contributed by atoms with Gasteiger partial charge in [0.1, 0.15) is 10.7 Å². The number of hydrogen-bond donors (Lipinski definition) is 2. The summed E-state index contributed by atoms with van der Waals surface area (Å²) in [4.78, 5) is 22.7. The van der Waals surface area contributed by atoms with Crippen LogP contribution in [0.25, 0.3) is 11.4 Å². The van der Waals surface area contributed by atoms with Crippen LogP contribution in [-0.4, -0.2) is 31.1 Å². The van der Waals surface area contributed by atoms with Gasteiger partial charge in [0.15, 0.2) is 11.5 Å². The van der Waals surface area contributed by atoms with E-state index in [0.717, 1.165) is 11.1 Å². The average Bonchev–Trinajstić information content (AvgIpc) is 3.22. The number of nitrogens with one attached hydrogen (secondary N) is 2. The number of amides is 1. The number of rotatable bonds is 4. The second-order valence-corrected chi connectivity index (χ2v) is 5.41. The molecule has 3 rings (SSSR count). The predicted octanol–water partition coefficient (Wildman–Crippen LogP) is 2.27. The number of hydrogen-bond acceptors (Lipinski definition) is 6. The van der Waals surface area contributed by atoms with Crippen molar-refractivity contribution in [3.8, 4) is 11.4 Å². The number of pyridine rings is 1. The molecule has 0 saturated carbocycles. The zero-order chi connectivity index (χ0) is 17.2. The van der Waals surface area contributed by atoms with E-state index in [4.69, 9.17) is 0 Å². The highest BCUT2D eigenvalue weighted by Gasteiger charge is 2.38. The lowest BCUT2D eigenvalue weighted by Gasteiger charge is -2.06. The van der Waals surface area contributed by atoms with Crippen LogP contribution in [0, 0.1) is 0 Å². The van der Waals surface area contributed by atoms with Gasteiger partial charge in [0.25, 0.3) is 5.91 Å². The number of carbonyl (C=O) groups excluding carboxylic acids is 1. The van der Waals surface area contributed by atoms with Gasteiger partial charge < -0.3 is 5.32 Å². The van der Waals surface area contributed by atoms with Crippen molar-refractivity contribution < 1.29 is 18.0 Å². The Bertz CT molecular complexity index is 845. The van der Waals surface area contributed by atoms with E-state index in [1.165, 1.54) is 0 Å². The quantitative estimate of drug-likeness (QED) is 0.749. The van der Waals surface area contributed by atoms with Crippen LogP contribution in [0.2, 0.25) is 0 Å². The summed E-state index contributed by atoms with van der Waals surface area (Å²) < 4.78 is 38.2. The largest absolute Gasteiger partial charge is 0.434 e. The van der Waals surface area contributed by atoms with E-state index in [1.807, 2.05) is 0 Å². The SMILES string of the molecule is O=C(NCc1nc(-c2ccncc2)n[nH]1)c1scnc1C(F)(F)F. The summed E-state index contributed by atoms with van der Waals surface area (Å²) in [6.07, 6.45) is -1.52. The van der Waals surface area contributed by atoms with Crippen LogP contribution in [0.1, 0.15) is 21.2 Å². The minimum atomic E-state index is -4.67. The maximum atomic E-state index is 12.7. The van der Waals surface area contributed by atoms with Crippen molar-refractivity contribution in [2.45, 2.75) is 12.7 Å². The molecule has 0 fully saturated rings. The number of H-pyrrole nitrogens is 1. The fourth-order valence-electron chi connectivity index (χ4n) is 1.86. The van der Waals surface area contributed by atoms with Crippen molar-refractivity contribution in [3.05, 3.63) is 46.4 Å². The molecule has 0 radical (unpaired) electrons. The highest BCUT2D eigenvalue weighted by atomic mass is 32.1. The first-order valence-corrected chi connectivity index (χ1v) is 7.43. The summed E-state index contributed by atoms with van der Waals surface area (Å²) in [5, 5.41) is 8.96. The maximum absolute atomic E-state index is 12.7. The lowest BCUT2D eigenvalue weighted by molar-refractivity contribution is -0.141. The van der Waals surface area contributed by atoms with Gasteiger partial charge in [-0.25, -0.2) is 9.97 Å². The molecule has 0 bridgehead atoms. The van der Waals surface area contributed by atoms with E-state index < -0.39 is 22.7 Å². The van der Waals surface area contributed by atoms with Gasteiger partial charge in [-0.3, -0.25) is 14.9 Å². The van der Waals surface area contributed by atoms with E-state index in [0.29, 0.717) is 23.0 Å². The smallest absolute Gasteiger partial charge is 0.344 e. The van der Waals surface area contributed by atoms with Crippen LogP contribution >= 0.6 is 11.3 Å². The lowest BCUT2D eigenvalue weighted by Crippen LogP contribution is -2.25. The van der Waals surface area contributed by atoms with Gasteiger partial charge in [0.2, 0.25) is 0 Å². The van der Waals surface area contributed by atoms with E-state index in [9.17, 15) is 18.0 Å². The molecule has 7 nitrogen and oxygen atoms in total. The standard InChI is InChI=1S/C13H9F3N6OS/c14-13(15,16)10-9(24-6-19-10)12(23)18-5-8-20-11(22-21-8)7-1-3-17-4-2-7/h1-4,6H,5H2,(H,18,23)(H,20,21,22). The summed E-state index contributed by atoms with van der Waals surface area (Å²) >= 11 is 0.625. The van der Waals surface area contributed by atoms with Crippen molar-refractivity contribution >= 4 is 17.2 Å². The lowest BCUT2D eigenvalue weighted by atomic mass is 10.2. The second-order valence-electron chi connectivity index (χ2n) is 4.55. The van der Waals surface area contributed by atoms with Gasteiger partial charge in [-0.05, 0) is 12.1 Å². The van der Waals surface area contributed by atoms with Gasteiger partial charge in [-0.1, -0.05) is 0 Å². The Morgan fingerprint density at radius 2 is 2.04 bits per heavy atom. The van der Waals surface area contributed by atoms with Crippen molar-refractivity contribution in [3.63, 3.8) is 0 Å². The summed E-state index contributed by atoms with van der Waals surface area (Å²) in [7, 11) is 0. The first-order chi connectivity index (χ1) is 11.4. The van der Waals surface area contributed by atoms with Crippen molar-refractivity contribution in [2.24, 2.45) is 0 Å². The Morgan fingerprint density at radius 3 is 2.75 bits per heavy atom. The van der Waals surface area contributed by atoms with Gasteiger partial charge in [0.05, 0.1) is 12.1 Å². The van der Waals surface area contributed by atoms with Gasteiger partial charge in [-0.15, -0.1) is 11.3 Å². The van der Waals surface area contributed by atoms with E-state index in [2.05, 4.69) is 30.5 Å². The molecule has 0 unspecified atom stereocenters. The molecule has 3 aromatic rings. The third-order valence-electron chi connectivity index (χ3n) is 2.93. The molecule has 11 heteroatoms. The summed E-state index contributed by atoms with van der Waals surface area (Å²) in [5.41, 5.74) is 0.508. The van der Waals surface area contributed by atoms with E-state index in [1.54, 1.807) is 24.5 Å². The average molecular weight is 354 g/mol. The number of aromatic nitrogens is 5. The van der Waals surface area contributed by atoms with Gasteiger partial charge in [-0.2, -0.15) is 18.3 Å². The number of halogens is 3. The highest BCUT2D eigenvalue weighted by molar-refractivity contribution is 7.11. The fourth-order valence-corrected chi connectivity index (χ4v) is 2.58. The Balaban J connectivity index is 1.68. The number of thiazole rings is 1. The summed E-state index contributed by atoms with van der Waals surface area (Å²) in [6.45, 7) is -0.0912. The normalized spacial score (nSPS) is 11.5. The summed E-state index contributed by atoms with van der Waals surface area (Å²) in [6, 6.07) is 3.41. The van der Waals surface area contributed by atoms with Crippen LogP contribution < -0.4 is 5.32 Å². The molecule has 0 aromatic carbocycles. The minimum absolute atomic E-state index is 0.0912. The molecule has 0 aliphatic rings. The third kappa shape index (κ3) is 3.40. The number of nitrogens with zero attached hydrogens (tertiary/aromatic N) is 4. The van der Waals surface area contributed by atoms with Crippen molar-refractivity contribution in [1.82, 2.24) is 30.5 Å². The summed E-state index contributed by atoms with van der Waals surface area (Å²) in [5.74, 6) is -0.157. The van der Waals surface area contributed by atoms with Crippen LogP contribution in [0.4, 0.5) is 13.2 Å². The molecular formula is C13H9F3N6OS. The number of carbonyl (C=O) groups is 1. The zero-order valence-electron chi connectivity index (χ0n) is 11.8. The molecule has 0 spiro atoms. The molecule has 0 saturated heterocycles. The van der Waals surface area contributed by atoms with E-state index in [-0.39, 0.29) is 6.54 Å². The molecule has 1 amide bonds. The van der Waals surface area contributed by atoms with Crippen LogP contribution in [-0.2, 0) is 12.7 Å². The molecule has 0 aliphatic heterocycles. The number of alkyl halides is 3. The van der Waals surface area contributed by atoms with Crippen LogP contribution in [0.3, 0.4) is 0 Å². The van der Waals surface area contributed by atoms with Gasteiger partial charge >= 0.3 is 6.18 Å². The van der Waals surface area contributed by atoms with Crippen molar-refractivity contribution in [1.29, 1.82) is 0 Å². The molecule has 0 atom stereocenters. The highest BCUT2D eigenvalue weighted by Crippen LogP contribution is 2.32. The monoisotopic (exact) mass is 354 g/mol. The molecule has 124 valence electrons. The zero-order valence-corrected chi connectivity index (χ0v) is 12.6. The first-order valence-electron chi connectivity index (χ1n) is 6.55. The first kappa shape index (κ1) is 16.1. The molecule has 24 heavy (non-hydrogen) atoms. The molecule has 0 aliphatic carbocycles.